The van der Waals surface area contributed by atoms with Gasteiger partial charge in [-0.1, -0.05) is 13.8 Å². The maximum atomic E-state index is 12.8. The Labute approximate surface area is 157 Å². The Morgan fingerprint density at radius 3 is 2.56 bits per heavy atom. The third-order valence-corrected chi connectivity index (χ3v) is 5.09. The van der Waals surface area contributed by atoms with E-state index in [0.717, 1.165) is 0 Å². The van der Waals surface area contributed by atoms with Crippen LogP contribution in [0.5, 0.6) is 0 Å². The van der Waals surface area contributed by atoms with Crippen molar-refractivity contribution in [2.45, 2.75) is 52.4 Å². The molecule has 2 amide bonds. The summed E-state index contributed by atoms with van der Waals surface area (Å²) in [5.74, 6) is -3.18. The van der Waals surface area contributed by atoms with Gasteiger partial charge in [0.05, 0.1) is 29.7 Å². The molecule has 4 atom stereocenters. The van der Waals surface area contributed by atoms with Crippen molar-refractivity contribution in [3.05, 3.63) is 11.9 Å². The van der Waals surface area contributed by atoms with Crippen LogP contribution in [-0.4, -0.2) is 51.4 Å². The Hall–Kier alpha value is -2.42. The van der Waals surface area contributed by atoms with E-state index in [9.17, 15) is 19.5 Å². The molecule has 148 valence electrons. The van der Waals surface area contributed by atoms with Crippen molar-refractivity contribution >= 4 is 23.5 Å². The molecule has 0 saturated carbocycles. The third kappa shape index (κ3) is 3.83. The summed E-state index contributed by atoms with van der Waals surface area (Å²) in [5, 5.41) is 19.2. The number of aryl methyl sites for hydroxylation is 1. The van der Waals surface area contributed by atoms with E-state index in [-0.39, 0.29) is 23.2 Å². The van der Waals surface area contributed by atoms with Crippen LogP contribution in [0, 0.1) is 17.8 Å². The highest BCUT2D eigenvalue weighted by atomic mass is 16.5. The molecule has 0 unspecified atom stereocenters. The number of fused-ring (bicyclic) bond motifs is 2. The average molecular weight is 378 g/mol. The number of rotatable bonds is 7. The minimum absolute atomic E-state index is 0.127. The monoisotopic (exact) mass is 378 g/mol. The number of carbonyl (C=O) groups is 3. The highest BCUT2D eigenvalue weighted by Crippen LogP contribution is 2.44. The Morgan fingerprint density at radius 2 is 1.96 bits per heavy atom. The number of hydrogen-bond acceptors (Lipinski definition) is 5. The van der Waals surface area contributed by atoms with Gasteiger partial charge in [0.15, 0.2) is 5.69 Å². The van der Waals surface area contributed by atoms with Crippen molar-refractivity contribution in [2.75, 3.05) is 11.9 Å². The zero-order valence-electron chi connectivity index (χ0n) is 15.8. The molecule has 2 fully saturated rings. The molecule has 2 bridgehead atoms. The second kappa shape index (κ2) is 7.67. The van der Waals surface area contributed by atoms with Gasteiger partial charge >= 0.3 is 5.97 Å². The Bertz CT molecular complexity index is 744. The summed E-state index contributed by atoms with van der Waals surface area (Å²) in [6, 6.07) is 0. The predicted octanol–water partition coefficient (Wildman–Crippen LogP) is 1.11. The first kappa shape index (κ1) is 19.3. The maximum Gasteiger partial charge on any atom is 0.310 e. The van der Waals surface area contributed by atoms with E-state index >= 15 is 0 Å². The Kier molecular flexibility index (Phi) is 5.50. The summed E-state index contributed by atoms with van der Waals surface area (Å²) in [5.41, 5.74) is 0.414. The lowest BCUT2D eigenvalue weighted by Crippen LogP contribution is -2.41. The summed E-state index contributed by atoms with van der Waals surface area (Å²) in [4.78, 5) is 36.9. The topological polar surface area (TPSA) is 123 Å². The summed E-state index contributed by atoms with van der Waals surface area (Å²) >= 11 is 0. The highest BCUT2D eigenvalue weighted by Gasteiger charge is 2.55. The first-order chi connectivity index (χ1) is 12.8. The van der Waals surface area contributed by atoms with Crippen molar-refractivity contribution in [2.24, 2.45) is 17.8 Å². The smallest absolute Gasteiger partial charge is 0.310 e. The quantitative estimate of drug-likeness (QED) is 0.653. The number of carboxylic acid groups (broad SMARTS) is 1. The summed E-state index contributed by atoms with van der Waals surface area (Å²) in [7, 11) is 0. The molecule has 3 heterocycles. The second-order valence-corrected chi connectivity index (χ2v) is 7.52. The standard InChI is InChI=1S/C18H26N4O5/c1-4-22-8-10(15(21-22)17(24)19-7-9(2)3)20-16(23)13-11-5-6-12(27-11)14(13)18(25)26/h8-9,11-14H,4-7H2,1-3H3,(H,19,24)(H,20,23)(H,25,26)/t11-,12+,13-,14+/m1/s1. The van der Waals surface area contributed by atoms with Gasteiger partial charge in [-0.15, -0.1) is 0 Å². The molecule has 2 aliphatic rings. The zero-order valence-corrected chi connectivity index (χ0v) is 15.8. The molecule has 2 aliphatic heterocycles. The molecule has 3 rings (SSSR count). The number of nitrogens with zero attached hydrogens (tertiary/aromatic N) is 2. The molecular formula is C18H26N4O5. The lowest BCUT2D eigenvalue weighted by atomic mass is 9.78. The predicted molar refractivity (Wildman–Crippen MR) is 96.2 cm³/mol. The van der Waals surface area contributed by atoms with E-state index in [0.29, 0.717) is 25.9 Å². The molecule has 27 heavy (non-hydrogen) atoms. The molecule has 9 nitrogen and oxygen atoms in total. The minimum atomic E-state index is -1.03. The molecule has 2 saturated heterocycles. The molecule has 3 N–H and O–H groups in total. The van der Waals surface area contributed by atoms with Crippen LogP contribution in [0.25, 0.3) is 0 Å². The largest absolute Gasteiger partial charge is 0.481 e. The molecule has 1 aromatic rings. The molecule has 0 radical (unpaired) electrons. The van der Waals surface area contributed by atoms with Crippen LogP contribution in [0.2, 0.25) is 0 Å². The van der Waals surface area contributed by atoms with Crippen molar-refractivity contribution < 1.29 is 24.2 Å². The van der Waals surface area contributed by atoms with Crippen LogP contribution in [0.1, 0.15) is 44.1 Å². The van der Waals surface area contributed by atoms with Crippen LogP contribution in [-0.2, 0) is 20.9 Å². The molecule has 0 spiro atoms. The van der Waals surface area contributed by atoms with Crippen LogP contribution in [0.15, 0.2) is 6.20 Å². The van der Waals surface area contributed by atoms with Gasteiger partial charge in [0.2, 0.25) is 5.91 Å². The first-order valence-electron chi connectivity index (χ1n) is 9.36. The number of aliphatic carboxylic acids is 1. The van der Waals surface area contributed by atoms with Crippen LogP contribution < -0.4 is 10.6 Å². The van der Waals surface area contributed by atoms with E-state index in [1.807, 2.05) is 20.8 Å². The number of aromatic nitrogens is 2. The normalized spacial score (nSPS) is 26.4. The average Bonchev–Trinajstić information content (AvgIpc) is 3.32. The summed E-state index contributed by atoms with van der Waals surface area (Å²) in [6.07, 6.45) is 2.10. The molecular weight excluding hydrogens is 352 g/mol. The number of hydrogen-bond donors (Lipinski definition) is 3. The van der Waals surface area contributed by atoms with E-state index in [4.69, 9.17) is 4.74 Å². The number of nitrogens with one attached hydrogen (secondary N) is 2. The van der Waals surface area contributed by atoms with Crippen molar-refractivity contribution in [1.29, 1.82) is 0 Å². The van der Waals surface area contributed by atoms with Crippen molar-refractivity contribution in [3.63, 3.8) is 0 Å². The van der Waals surface area contributed by atoms with Gasteiger partial charge in [-0.2, -0.15) is 5.10 Å². The van der Waals surface area contributed by atoms with Crippen LogP contribution in [0.3, 0.4) is 0 Å². The first-order valence-corrected chi connectivity index (χ1v) is 9.36. The molecule has 0 aliphatic carbocycles. The third-order valence-electron chi connectivity index (χ3n) is 5.09. The zero-order chi connectivity index (χ0) is 19.7. The van der Waals surface area contributed by atoms with Gasteiger partial charge in [0.25, 0.3) is 5.91 Å². The van der Waals surface area contributed by atoms with Crippen molar-refractivity contribution in [1.82, 2.24) is 15.1 Å². The van der Waals surface area contributed by atoms with Gasteiger partial charge < -0.3 is 20.5 Å². The lowest BCUT2D eigenvalue weighted by molar-refractivity contribution is -0.147. The highest BCUT2D eigenvalue weighted by molar-refractivity contribution is 6.03. The molecule has 9 heteroatoms. The maximum absolute atomic E-state index is 12.8. The Morgan fingerprint density at radius 1 is 1.30 bits per heavy atom. The number of carboxylic acids is 1. The van der Waals surface area contributed by atoms with Gasteiger partial charge in [-0.25, -0.2) is 0 Å². The van der Waals surface area contributed by atoms with Gasteiger partial charge in [-0.05, 0) is 25.7 Å². The van der Waals surface area contributed by atoms with Crippen LogP contribution in [0.4, 0.5) is 5.69 Å². The second-order valence-electron chi connectivity index (χ2n) is 7.52. The number of ether oxygens (including phenoxy) is 1. The number of amides is 2. The van der Waals surface area contributed by atoms with E-state index in [2.05, 4.69) is 15.7 Å². The van der Waals surface area contributed by atoms with E-state index in [1.165, 1.54) is 0 Å². The van der Waals surface area contributed by atoms with Crippen molar-refractivity contribution in [3.8, 4) is 0 Å². The fourth-order valence-electron chi connectivity index (χ4n) is 3.76. The van der Waals surface area contributed by atoms with Gasteiger partial charge in [-0.3, -0.25) is 19.1 Å². The lowest BCUT2D eigenvalue weighted by Gasteiger charge is -2.23. The minimum Gasteiger partial charge on any atom is -0.481 e. The fraction of sp³-hybridized carbons (Fsp3) is 0.667. The SMILES string of the molecule is CCn1cc(NC(=O)[C@H]2[C@@H](C(=O)O)[C@@H]3CC[C@H]2O3)c(C(=O)NCC(C)C)n1. The van der Waals surface area contributed by atoms with E-state index in [1.54, 1.807) is 10.9 Å². The number of anilines is 1. The molecule has 0 aromatic carbocycles. The number of carbonyl (C=O) groups excluding carboxylic acids is 2. The Balaban J connectivity index is 1.78. The van der Waals surface area contributed by atoms with Crippen LogP contribution >= 0.6 is 0 Å². The van der Waals surface area contributed by atoms with E-state index < -0.39 is 35.9 Å². The molecule has 1 aromatic heterocycles. The summed E-state index contributed by atoms with van der Waals surface area (Å²) in [6.45, 7) is 6.87. The fourth-order valence-corrected chi connectivity index (χ4v) is 3.76. The van der Waals surface area contributed by atoms with Gasteiger partial charge in [0, 0.05) is 19.3 Å². The summed E-state index contributed by atoms with van der Waals surface area (Å²) < 4.78 is 7.21. The van der Waals surface area contributed by atoms with Gasteiger partial charge in [0.1, 0.15) is 0 Å².